The van der Waals surface area contributed by atoms with E-state index in [1.54, 1.807) is 0 Å². The maximum Gasteiger partial charge on any atom is 0.455 e. The molecule has 0 bridgehead atoms. The molecule has 1 aliphatic carbocycles. The average Bonchev–Trinajstić information content (AvgIpc) is 2.57. The molecule has 0 aromatic carbocycles. The second kappa shape index (κ2) is 7.09. The second-order valence-electron chi connectivity index (χ2n) is 6.10. The van der Waals surface area contributed by atoms with Gasteiger partial charge in [-0.25, -0.2) is 9.59 Å². The number of hydrogen-bond donors (Lipinski definition) is 4. The van der Waals surface area contributed by atoms with Gasteiger partial charge in [0.15, 0.2) is 10.8 Å². The van der Waals surface area contributed by atoms with Crippen LogP contribution in [-0.2, 0) is 19.2 Å². The first kappa shape index (κ1) is 26.7. The van der Waals surface area contributed by atoms with Crippen LogP contribution < -0.4 is 0 Å². The Labute approximate surface area is 167 Å². The lowest BCUT2D eigenvalue weighted by Gasteiger charge is -2.44. The standard InChI is InChI=1S/C14H6F10O8/c15-11(16,13(19,20)21)9(7(29)30)1-3(5(25)26)10(8(31)32,2-4(9)6(27)28)12(17,18)14(22,23)24/h1-2H,(H,25,26)(H,27,28)(H,29,30)(H,31,32). The fourth-order valence-electron chi connectivity index (χ4n) is 2.87. The predicted molar refractivity (Wildman–Crippen MR) is 73.6 cm³/mol. The molecule has 0 spiro atoms. The molecule has 0 radical (unpaired) electrons. The van der Waals surface area contributed by atoms with Gasteiger partial charge in [0.1, 0.15) is 0 Å². The van der Waals surface area contributed by atoms with E-state index in [2.05, 4.69) is 0 Å². The second-order valence-corrected chi connectivity index (χ2v) is 6.10. The summed E-state index contributed by atoms with van der Waals surface area (Å²) in [6.45, 7) is 0. The zero-order chi connectivity index (χ0) is 25.9. The molecule has 1 aliphatic rings. The number of rotatable bonds is 6. The third kappa shape index (κ3) is 3.15. The minimum atomic E-state index is -7.05. The van der Waals surface area contributed by atoms with Crippen LogP contribution in [0.1, 0.15) is 0 Å². The molecule has 8 nitrogen and oxygen atoms in total. The van der Waals surface area contributed by atoms with Crippen molar-refractivity contribution in [3.05, 3.63) is 23.3 Å². The lowest BCUT2D eigenvalue weighted by molar-refractivity contribution is -0.315. The molecule has 4 N–H and O–H groups in total. The molecule has 1 rings (SSSR count). The van der Waals surface area contributed by atoms with Crippen molar-refractivity contribution in [2.75, 3.05) is 0 Å². The van der Waals surface area contributed by atoms with Crippen LogP contribution in [0.5, 0.6) is 0 Å². The predicted octanol–water partition coefficient (Wildman–Crippen LogP) is 2.56. The molecule has 2 unspecified atom stereocenters. The van der Waals surface area contributed by atoms with Crippen LogP contribution in [-0.4, -0.2) is 68.5 Å². The number of aliphatic carboxylic acids is 4. The van der Waals surface area contributed by atoms with Gasteiger partial charge < -0.3 is 20.4 Å². The minimum Gasteiger partial charge on any atom is -0.480 e. The molecular weight excluding hydrogens is 486 g/mol. The van der Waals surface area contributed by atoms with E-state index in [1.807, 2.05) is 0 Å². The van der Waals surface area contributed by atoms with Crippen molar-refractivity contribution < 1.29 is 83.5 Å². The molecule has 0 saturated heterocycles. The number of carboxylic acids is 4. The molecule has 32 heavy (non-hydrogen) atoms. The number of hydrogen-bond acceptors (Lipinski definition) is 4. The minimum absolute atomic E-state index is 1.58. The number of alkyl halides is 10. The third-order valence-electron chi connectivity index (χ3n) is 4.41. The fraction of sp³-hybridized carbons (Fsp3) is 0.429. The van der Waals surface area contributed by atoms with Crippen molar-refractivity contribution in [3.8, 4) is 0 Å². The lowest BCUT2D eigenvalue weighted by Crippen LogP contribution is -2.63. The summed E-state index contributed by atoms with van der Waals surface area (Å²) in [5, 5.41) is 35.9. The van der Waals surface area contributed by atoms with Crippen molar-refractivity contribution in [1.29, 1.82) is 0 Å². The van der Waals surface area contributed by atoms with Crippen LogP contribution >= 0.6 is 0 Å². The zero-order valence-corrected chi connectivity index (χ0v) is 14.4. The zero-order valence-electron chi connectivity index (χ0n) is 14.4. The summed E-state index contributed by atoms with van der Waals surface area (Å²) in [6.07, 6.45) is -17.3. The van der Waals surface area contributed by atoms with Gasteiger partial charge in [0.05, 0.1) is 11.1 Å². The highest BCUT2D eigenvalue weighted by molar-refractivity contribution is 6.07. The summed E-state index contributed by atoms with van der Waals surface area (Å²) in [5.41, 5.74) is -17.1. The maximum atomic E-state index is 14.1. The molecule has 180 valence electrons. The highest BCUT2D eigenvalue weighted by Gasteiger charge is 2.81. The first-order chi connectivity index (χ1) is 14.0. The number of carbonyl (C=O) groups is 4. The molecule has 0 amide bonds. The van der Waals surface area contributed by atoms with Gasteiger partial charge in [-0.1, -0.05) is 0 Å². The summed E-state index contributed by atoms with van der Waals surface area (Å²) >= 11 is 0. The summed E-state index contributed by atoms with van der Waals surface area (Å²) < 4.78 is 134. The summed E-state index contributed by atoms with van der Waals surface area (Å²) in [5.74, 6) is -27.4. The Morgan fingerprint density at radius 1 is 0.562 bits per heavy atom. The lowest BCUT2D eigenvalue weighted by atomic mass is 9.60. The van der Waals surface area contributed by atoms with Crippen LogP contribution in [0.15, 0.2) is 23.3 Å². The average molecular weight is 492 g/mol. The van der Waals surface area contributed by atoms with E-state index in [4.69, 9.17) is 20.4 Å². The van der Waals surface area contributed by atoms with E-state index in [0.29, 0.717) is 0 Å². The Balaban J connectivity index is 4.48. The Kier molecular flexibility index (Phi) is 5.91. The molecule has 0 heterocycles. The van der Waals surface area contributed by atoms with Gasteiger partial charge in [0.25, 0.3) is 0 Å². The smallest absolute Gasteiger partial charge is 0.455 e. The van der Waals surface area contributed by atoms with Crippen LogP contribution in [0.2, 0.25) is 0 Å². The van der Waals surface area contributed by atoms with Crippen molar-refractivity contribution in [3.63, 3.8) is 0 Å². The van der Waals surface area contributed by atoms with Gasteiger partial charge in [-0.3, -0.25) is 9.59 Å². The monoisotopic (exact) mass is 492 g/mol. The molecule has 0 aliphatic heterocycles. The normalized spacial score (nSPS) is 24.9. The van der Waals surface area contributed by atoms with Crippen LogP contribution in [0.4, 0.5) is 43.9 Å². The van der Waals surface area contributed by atoms with Crippen LogP contribution in [0.25, 0.3) is 0 Å². The van der Waals surface area contributed by atoms with Crippen LogP contribution in [0.3, 0.4) is 0 Å². The van der Waals surface area contributed by atoms with E-state index in [1.165, 1.54) is 0 Å². The molecule has 18 heteroatoms. The Morgan fingerprint density at radius 3 is 0.906 bits per heavy atom. The molecular formula is C14H6F10O8. The maximum absolute atomic E-state index is 14.1. The van der Waals surface area contributed by atoms with E-state index >= 15 is 0 Å². The SMILES string of the molecule is O=C(O)C1=CC(C(=O)O)(C(F)(F)C(F)(F)F)C(C(=O)O)=CC1(C(=O)O)C(F)(F)C(F)(F)F. The Morgan fingerprint density at radius 2 is 0.781 bits per heavy atom. The quantitative estimate of drug-likeness (QED) is 0.414. The first-order valence-corrected chi connectivity index (χ1v) is 7.26. The summed E-state index contributed by atoms with van der Waals surface area (Å²) in [6, 6.07) is 0. The highest BCUT2D eigenvalue weighted by atomic mass is 19.4. The summed E-state index contributed by atoms with van der Waals surface area (Å²) in [4.78, 5) is 45.4. The van der Waals surface area contributed by atoms with Gasteiger partial charge in [0.2, 0.25) is 0 Å². The molecule has 0 aromatic heterocycles. The van der Waals surface area contributed by atoms with Crippen molar-refractivity contribution >= 4 is 23.9 Å². The van der Waals surface area contributed by atoms with Gasteiger partial charge in [-0.05, 0) is 12.2 Å². The number of halogens is 10. The Bertz CT molecular complexity index is 868. The van der Waals surface area contributed by atoms with E-state index in [0.717, 1.165) is 0 Å². The molecule has 0 saturated carbocycles. The largest absolute Gasteiger partial charge is 0.480 e. The molecule has 0 fully saturated rings. The van der Waals surface area contributed by atoms with Crippen LogP contribution in [0, 0.1) is 10.8 Å². The topological polar surface area (TPSA) is 149 Å². The van der Waals surface area contributed by atoms with Gasteiger partial charge in [-0.2, -0.15) is 43.9 Å². The van der Waals surface area contributed by atoms with Gasteiger partial charge in [0, 0.05) is 0 Å². The molecule has 0 aromatic rings. The van der Waals surface area contributed by atoms with E-state index in [9.17, 15) is 63.1 Å². The van der Waals surface area contributed by atoms with Crippen molar-refractivity contribution in [2.45, 2.75) is 24.2 Å². The van der Waals surface area contributed by atoms with Gasteiger partial charge >= 0.3 is 48.1 Å². The van der Waals surface area contributed by atoms with E-state index < -0.39 is 82.2 Å². The fourth-order valence-corrected chi connectivity index (χ4v) is 2.87. The van der Waals surface area contributed by atoms with E-state index in [-0.39, 0.29) is 0 Å². The number of carboxylic acid groups (broad SMARTS) is 4. The van der Waals surface area contributed by atoms with Crippen molar-refractivity contribution in [2.24, 2.45) is 10.8 Å². The molecule has 2 atom stereocenters. The Hall–Kier alpha value is -3.34. The van der Waals surface area contributed by atoms with Crippen molar-refractivity contribution in [1.82, 2.24) is 0 Å². The third-order valence-corrected chi connectivity index (χ3v) is 4.41. The summed E-state index contributed by atoms with van der Waals surface area (Å²) in [7, 11) is 0. The van der Waals surface area contributed by atoms with Gasteiger partial charge in [-0.15, -0.1) is 0 Å². The highest BCUT2D eigenvalue weighted by Crippen LogP contribution is 2.62. The first-order valence-electron chi connectivity index (χ1n) is 7.26.